The number of amides is 3. The lowest BCUT2D eigenvalue weighted by Gasteiger charge is -2.28. The molecule has 1 aliphatic heterocycles. The largest absolute Gasteiger partial charge is 0.327 e. The molecule has 7 nitrogen and oxygen atoms in total. The zero-order valence-corrected chi connectivity index (χ0v) is 17.9. The van der Waals surface area contributed by atoms with Crippen molar-refractivity contribution in [1.29, 1.82) is 0 Å². The van der Waals surface area contributed by atoms with E-state index in [0.29, 0.717) is 28.1 Å². The maximum atomic E-state index is 14.2. The number of nitrogens with zero attached hydrogens (tertiary/aromatic N) is 1. The summed E-state index contributed by atoms with van der Waals surface area (Å²) in [6, 6.07) is 14.3. The molecule has 1 atom stereocenters. The third-order valence-electron chi connectivity index (χ3n) is 5.70. The topological polar surface area (TPSA) is 98.9 Å². The summed E-state index contributed by atoms with van der Waals surface area (Å²) in [7, 11) is 0. The monoisotopic (exact) mass is 459 g/mol. The Kier molecular flexibility index (Phi) is 5.29. The molecule has 9 heteroatoms. The van der Waals surface area contributed by atoms with Gasteiger partial charge in [-0.1, -0.05) is 24.3 Å². The number of urea groups is 1. The number of carbonyl (C=O) groups excluding carboxylic acids is 2. The summed E-state index contributed by atoms with van der Waals surface area (Å²) in [6.07, 6.45) is 1.66. The van der Waals surface area contributed by atoms with Crippen molar-refractivity contribution in [3.05, 3.63) is 95.3 Å². The first-order chi connectivity index (χ1) is 16.4. The zero-order valence-electron chi connectivity index (χ0n) is 17.9. The Balaban J connectivity index is 1.44. The van der Waals surface area contributed by atoms with Crippen LogP contribution >= 0.6 is 0 Å². The molecule has 5 rings (SSSR count). The normalized spacial score (nSPS) is 15.7. The van der Waals surface area contributed by atoms with Crippen LogP contribution in [0, 0.1) is 11.6 Å². The van der Waals surface area contributed by atoms with Crippen molar-refractivity contribution in [1.82, 2.24) is 20.8 Å². The average Bonchev–Trinajstić information content (AvgIpc) is 3.26. The minimum absolute atomic E-state index is 0.252. The quantitative estimate of drug-likeness (QED) is 0.354. The van der Waals surface area contributed by atoms with E-state index in [-0.39, 0.29) is 11.5 Å². The Labute approximate surface area is 192 Å². The van der Waals surface area contributed by atoms with Crippen molar-refractivity contribution in [3.63, 3.8) is 0 Å². The van der Waals surface area contributed by atoms with Crippen LogP contribution in [0.2, 0.25) is 0 Å². The summed E-state index contributed by atoms with van der Waals surface area (Å²) >= 11 is 0. The SMILES string of the molecule is CC1=C(C(=O)Nc2ccc3[nH]ncc3c2)C(c2ccc(-c3ccc(F)cc3F)cc2)NC(=O)N1. The van der Waals surface area contributed by atoms with E-state index in [9.17, 15) is 18.4 Å². The van der Waals surface area contributed by atoms with E-state index < -0.39 is 23.7 Å². The number of anilines is 1. The molecule has 1 unspecified atom stereocenters. The van der Waals surface area contributed by atoms with Crippen LogP contribution in [-0.4, -0.2) is 22.1 Å². The van der Waals surface area contributed by atoms with Gasteiger partial charge in [-0.3, -0.25) is 9.89 Å². The molecule has 1 aliphatic rings. The lowest BCUT2D eigenvalue weighted by molar-refractivity contribution is -0.113. The van der Waals surface area contributed by atoms with Gasteiger partial charge in [-0.2, -0.15) is 5.10 Å². The molecule has 2 heterocycles. The Morgan fingerprint density at radius 3 is 2.59 bits per heavy atom. The van der Waals surface area contributed by atoms with E-state index in [1.807, 2.05) is 6.07 Å². The van der Waals surface area contributed by atoms with Crippen LogP contribution in [0.15, 0.2) is 78.1 Å². The number of rotatable bonds is 4. The second kappa shape index (κ2) is 8.43. The van der Waals surface area contributed by atoms with Crippen molar-refractivity contribution >= 4 is 28.5 Å². The van der Waals surface area contributed by atoms with Gasteiger partial charge in [0, 0.05) is 28.4 Å². The smallest absolute Gasteiger partial charge is 0.319 e. The van der Waals surface area contributed by atoms with Crippen LogP contribution < -0.4 is 16.0 Å². The molecule has 3 aromatic carbocycles. The maximum absolute atomic E-state index is 14.2. The summed E-state index contributed by atoms with van der Waals surface area (Å²) in [5.41, 5.74) is 3.61. The number of H-pyrrole nitrogens is 1. The highest BCUT2D eigenvalue weighted by Gasteiger charge is 2.31. The Morgan fingerprint density at radius 2 is 1.82 bits per heavy atom. The van der Waals surface area contributed by atoms with E-state index in [0.717, 1.165) is 17.0 Å². The lowest BCUT2D eigenvalue weighted by atomic mass is 9.93. The van der Waals surface area contributed by atoms with Gasteiger partial charge in [0.2, 0.25) is 0 Å². The molecular weight excluding hydrogens is 440 g/mol. The van der Waals surface area contributed by atoms with Crippen molar-refractivity contribution < 1.29 is 18.4 Å². The predicted molar refractivity (Wildman–Crippen MR) is 124 cm³/mol. The first kappa shape index (κ1) is 21.3. The highest BCUT2D eigenvalue weighted by Crippen LogP contribution is 2.31. The van der Waals surface area contributed by atoms with Crippen LogP contribution in [-0.2, 0) is 4.79 Å². The molecule has 34 heavy (non-hydrogen) atoms. The first-order valence-corrected chi connectivity index (χ1v) is 10.5. The van der Waals surface area contributed by atoms with E-state index in [1.54, 1.807) is 49.5 Å². The highest BCUT2D eigenvalue weighted by molar-refractivity contribution is 6.07. The zero-order chi connectivity index (χ0) is 23.8. The molecule has 1 aromatic heterocycles. The number of allylic oxidation sites excluding steroid dienone is 1. The standard InChI is InChI=1S/C25H19F2N5O2/c1-13-22(24(33)30-18-7-9-21-16(10-18)12-28-32-21)23(31-25(34)29-13)15-4-2-14(3-5-15)19-8-6-17(26)11-20(19)27/h2-12,23H,1H3,(H,28,32)(H,30,33)(H2,29,31,34). The summed E-state index contributed by atoms with van der Waals surface area (Å²) in [5, 5.41) is 16.0. The molecule has 3 amide bonds. The van der Waals surface area contributed by atoms with Crippen molar-refractivity contribution in [3.8, 4) is 11.1 Å². The van der Waals surface area contributed by atoms with Crippen molar-refractivity contribution in [2.24, 2.45) is 0 Å². The number of carbonyl (C=O) groups is 2. The van der Waals surface area contributed by atoms with Gasteiger partial charge in [0.15, 0.2) is 0 Å². The fraction of sp³-hybridized carbons (Fsp3) is 0.0800. The molecule has 0 aliphatic carbocycles. The van der Waals surface area contributed by atoms with Crippen molar-refractivity contribution in [2.45, 2.75) is 13.0 Å². The molecule has 0 spiro atoms. The van der Waals surface area contributed by atoms with Crippen LogP contribution in [0.3, 0.4) is 0 Å². The summed E-state index contributed by atoms with van der Waals surface area (Å²) in [4.78, 5) is 25.4. The molecule has 0 saturated heterocycles. The molecule has 170 valence electrons. The second-order valence-corrected chi connectivity index (χ2v) is 7.94. The molecule has 0 radical (unpaired) electrons. The summed E-state index contributed by atoms with van der Waals surface area (Å²) in [6.45, 7) is 1.65. The molecular formula is C25H19F2N5O2. The molecule has 0 fully saturated rings. The number of hydrogen-bond donors (Lipinski definition) is 4. The van der Waals surface area contributed by atoms with Gasteiger partial charge >= 0.3 is 6.03 Å². The number of aromatic nitrogens is 2. The van der Waals surface area contributed by atoms with Crippen LogP contribution in [0.1, 0.15) is 18.5 Å². The third-order valence-corrected chi connectivity index (χ3v) is 5.70. The number of fused-ring (bicyclic) bond motifs is 1. The predicted octanol–water partition coefficient (Wildman–Crippen LogP) is 4.77. The van der Waals surface area contributed by atoms with E-state index in [2.05, 4.69) is 26.1 Å². The number of benzene rings is 3. The number of halogens is 2. The van der Waals surface area contributed by atoms with Gasteiger partial charge in [-0.15, -0.1) is 0 Å². The average molecular weight is 459 g/mol. The van der Waals surface area contributed by atoms with E-state index >= 15 is 0 Å². The molecule has 0 bridgehead atoms. The maximum Gasteiger partial charge on any atom is 0.319 e. The molecule has 4 N–H and O–H groups in total. The Bertz CT molecular complexity index is 1460. The second-order valence-electron chi connectivity index (χ2n) is 7.94. The minimum Gasteiger partial charge on any atom is -0.327 e. The Hall–Kier alpha value is -4.53. The van der Waals surface area contributed by atoms with E-state index in [1.165, 1.54) is 12.1 Å². The number of aromatic amines is 1. The van der Waals surface area contributed by atoms with Gasteiger partial charge in [-0.05, 0) is 48.4 Å². The fourth-order valence-corrected chi connectivity index (χ4v) is 4.04. The first-order valence-electron chi connectivity index (χ1n) is 10.5. The van der Waals surface area contributed by atoms with E-state index in [4.69, 9.17) is 0 Å². The van der Waals surface area contributed by atoms with Gasteiger partial charge in [-0.25, -0.2) is 13.6 Å². The third kappa shape index (κ3) is 3.99. The van der Waals surface area contributed by atoms with Crippen molar-refractivity contribution in [2.75, 3.05) is 5.32 Å². The lowest BCUT2D eigenvalue weighted by Crippen LogP contribution is -2.45. The number of hydrogen-bond acceptors (Lipinski definition) is 3. The fourth-order valence-electron chi connectivity index (χ4n) is 4.04. The van der Waals surface area contributed by atoms with Gasteiger partial charge in [0.05, 0.1) is 23.3 Å². The highest BCUT2D eigenvalue weighted by atomic mass is 19.1. The minimum atomic E-state index is -0.724. The van der Waals surface area contributed by atoms with Gasteiger partial charge in [0.1, 0.15) is 11.6 Å². The Morgan fingerprint density at radius 1 is 1.03 bits per heavy atom. The van der Waals surface area contributed by atoms with Gasteiger partial charge in [0.25, 0.3) is 5.91 Å². The molecule has 0 saturated carbocycles. The van der Waals surface area contributed by atoms with Crippen LogP contribution in [0.25, 0.3) is 22.0 Å². The van der Waals surface area contributed by atoms with Crippen LogP contribution in [0.4, 0.5) is 19.3 Å². The molecule has 4 aromatic rings. The summed E-state index contributed by atoms with van der Waals surface area (Å²) < 4.78 is 27.4. The number of nitrogens with one attached hydrogen (secondary N) is 4. The van der Waals surface area contributed by atoms with Crippen LogP contribution in [0.5, 0.6) is 0 Å². The summed E-state index contributed by atoms with van der Waals surface area (Å²) in [5.74, 6) is -1.71. The van der Waals surface area contributed by atoms with Gasteiger partial charge < -0.3 is 16.0 Å².